The number of halogens is 6. The Morgan fingerprint density at radius 2 is 0.806 bits per heavy atom. The lowest BCUT2D eigenvalue weighted by Gasteiger charge is -2.16. The van der Waals surface area contributed by atoms with Crippen LogP contribution in [0.1, 0.15) is 45.7 Å². The van der Waals surface area contributed by atoms with Gasteiger partial charge in [0.25, 0.3) is 23.6 Å². The zero-order valence-corrected chi connectivity index (χ0v) is 37.3. The molecule has 0 spiro atoms. The van der Waals surface area contributed by atoms with Crippen molar-refractivity contribution in [2.45, 2.75) is 39.8 Å². The van der Waals surface area contributed by atoms with Crippen LogP contribution in [0.15, 0.2) is 105 Å². The summed E-state index contributed by atoms with van der Waals surface area (Å²) < 4.78 is 0. The van der Waals surface area contributed by atoms with Crippen molar-refractivity contribution in [2.24, 2.45) is 20.5 Å². The maximum absolute atomic E-state index is 13.4. The van der Waals surface area contributed by atoms with Gasteiger partial charge in [-0.25, -0.2) is 0 Å². The van der Waals surface area contributed by atoms with Crippen molar-refractivity contribution in [3.05, 3.63) is 137 Å². The molecule has 14 nitrogen and oxygen atoms in total. The molecule has 0 aliphatic rings. The highest BCUT2D eigenvalue weighted by Crippen LogP contribution is 2.31. The van der Waals surface area contributed by atoms with E-state index < -0.39 is 47.3 Å². The Labute approximate surface area is 384 Å². The monoisotopic (exact) mass is 954 g/mol. The number of carbonyl (C=O) groups is 6. The van der Waals surface area contributed by atoms with Crippen LogP contribution in [0, 0.1) is 13.8 Å². The SMILES string of the molecule is CC(=O)C(N=Nc1ccc(Cl)c(C(=O)Nc2cc(Cl)ccc2Cl)c1)C(=O)Nc1cc(C)c(NC(=O)C(N=Nc2ccc(Cl)c(C(=O)Nc3cc(Cl)ccc3Cl)c2)C(C)=O)cc1C. The molecule has 4 N–H and O–H groups in total. The molecule has 5 aromatic carbocycles. The van der Waals surface area contributed by atoms with Crippen LogP contribution in [0.4, 0.5) is 34.1 Å². The van der Waals surface area contributed by atoms with Crippen LogP contribution < -0.4 is 21.3 Å². The summed E-state index contributed by atoms with van der Waals surface area (Å²) in [6.45, 7) is 5.62. The van der Waals surface area contributed by atoms with Gasteiger partial charge in [-0.1, -0.05) is 69.6 Å². The van der Waals surface area contributed by atoms with E-state index >= 15 is 0 Å². The summed E-state index contributed by atoms with van der Waals surface area (Å²) in [5, 5.41) is 27.9. The third-order valence-corrected chi connectivity index (χ3v) is 10.5. The van der Waals surface area contributed by atoms with E-state index in [1.807, 2.05) is 0 Å². The Hall–Kier alpha value is -5.74. The minimum absolute atomic E-state index is 0.0118. The number of hydrogen-bond donors (Lipinski definition) is 4. The highest BCUT2D eigenvalue weighted by Gasteiger charge is 2.26. The maximum Gasteiger partial charge on any atom is 0.258 e. The second kappa shape index (κ2) is 20.9. The van der Waals surface area contributed by atoms with Crippen molar-refractivity contribution < 1.29 is 28.8 Å². The van der Waals surface area contributed by atoms with Crippen LogP contribution in [0.3, 0.4) is 0 Å². The van der Waals surface area contributed by atoms with E-state index in [1.165, 1.54) is 74.5 Å². The number of carbonyl (C=O) groups excluding carboxylic acids is 6. The Morgan fingerprint density at radius 3 is 1.16 bits per heavy atom. The molecule has 5 rings (SSSR count). The maximum atomic E-state index is 13.4. The summed E-state index contributed by atoms with van der Waals surface area (Å²) >= 11 is 37.0. The molecule has 0 heterocycles. The number of Topliss-reactive ketones (excluding diaryl/α,β-unsaturated/α-hetero) is 2. The molecule has 62 heavy (non-hydrogen) atoms. The number of rotatable bonds is 14. The van der Waals surface area contributed by atoms with E-state index in [0.717, 1.165) is 0 Å². The lowest BCUT2D eigenvalue weighted by molar-refractivity contribution is -0.127. The van der Waals surface area contributed by atoms with Gasteiger partial charge < -0.3 is 21.3 Å². The molecule has 5 aromatic rings. The average Bonchev–Trinajstić information content (AvgIpc) is 3.20. The van der Waals surface area contributed by atoms with Crippen molar-refractivity contribution in [3.63, 3.8) is 0 Å². The largest absolute Gasteiger partial charge is 0.324 e. The van der Waals surface area contributed by atoms with Crippen LogP contribution in [0.25, 0.3) is 0 Å². The van der Waals surface area contributed by atoms with Gasteiger partial charge in [-0.15, -0.1) is 0 Å². The molecule has 0 aliphatic heterocycles. The molecular weight excluding hydrogens is 925 g/mol. The second-order valence-corrected chi connectivity index (χ2v) is 15.9. The first kappa shape index (κ1) is 47.3. The first-order valence-electron chi connectivity index (χ1n) is 18.0. The standard InChI is InChI=1S/C42H32Cl6N8O6/c1-19-13-34(50-42(62)38(22(4)58)56-54-26-8-12-30(46)28(18-26)40(60)52-36-16-24(44)6-10-32(36)48)20(2)14-33(19)49-41(61)37(21(3)57)55-53-25-7-11-29(45)27(17-25)39(59)51-35-15-23(43)5-9-31(35)47/h5-18,37-38H,1-4H3,(H,49,61)(H,50,62)(H,51,59)(H,52,60). The molecule has 318 valence electrons. The highest BCUT2D eigenvalue weighted by atomic mass is 35.5. The highest BCUT2D eigenvalue weighted by molar-refractivity contribution is 6.38. The van der Waals surface area contributed by atoms with E-state index in [9.17, 15) is 28.8 Å². The number of nitrogens with one attached hydrogen (secondary N) is 4. The molecule has 0 saturated carbocycles. The van der Waals surface area contributed by atoms with Gasteiger partial charge in [0.1, 0.15) is 0 Å². The van der Waals surface area contributed by atoms with Crippen molar-refractivity contribution in [2.75, 3.05) is 21.3 Å². The van der Waals surface area contributed by atoms with E-state index in [-0.39, 0.29) is 54.0 Å². The van der Waals surface area contributed by atoms with Gasteiger partial charge in [-0.2, -0.15) is 20.5 Å². The van der Waals surface area contributed by atoms with Crippen LogP contribution in [-0.2, 0) is 19.2 Å². The van der Waals surface area contributed by atoms with Crippen molar-refractivity contribution >= 4 is 139 Å². The molecule has 0 radical (unpaired) electrons. The van der Waals surface area contributed by atoms with Crippen LogP contribution >= 0.6 is 69.6 Å². The number of nitrogens with zero attached hydrogens (tertiary/aromatic N) is 4. The second-order valence-electron chi connectivity index (χ2n) is 13.4. The van der Waals surface area contributed by atoms with Gasteiger partial charge in [-0.3, -0.25) is 28.8 Å². The average molecular weight is 957 g/mol. The first-order valence-corrected chi connectivity index (χ1v) is 20.3. The number of amides is 4. The van der Waals surface area contributed by atoms with Gasteiger partial charge in [0.2, 0.25) is 12.1 Å². The van der Waals surface area contributed by atoms with E-state index in [4.69, 9.17) is 69.6 Å². The zero-order chi connectivity index (χ0) is 45.4. The number of aryl methyl sites for hydroxylation is 2. The van der Waals surface area contributed by atoms with Crippen molar-refractivity contribution in [3.8, 4) is 0 Å². The summed E-state index contributed by atoms with van der Waals surface area (Å²) in [6.07, 6.45) is 0. The minimum Gasteiger partial charge on any atom is -0.324 e. The molecular formula is C42H32Cl6N8O6. The predicted molar refractivity (Wildman–Crippen MR) is 243 cm³/mol. The number of ketones is 2. The Balaban J connectivity index is 1.26. The van der Waals surface area contributed by atoms with Gasteiger partial charge >= 0.3 is 0 Å². The Morgan fingerprint density at radius 1 is 0.452 bits per heavy atom. The lowest BCUT2D eigenvalue weighted by atomic mass is 10.1. The molecule has 0 saturated heterocycles. The number of anilines is 4. The van der Waals surface area contributed by atoms with E-state index in [1.54, 1.807) is 38.1 Å². The smallest absolute Gasteiger partial charge is 0.258 e. The lowest BCUT2D eigenvalue weighted by Crippen LogP contribution is -2.32. The summed E-state index contributed by atoms with van der Waals surface area (Å²) in [5.41, 5.74) is 2.29. The zero-order valence-electron chi connectivity index (χ0n) is 32.7. The number of azo groups is 2. The van der Waals surface area contributed by atoms with Gasteiger partial charge in [0.15, 0.2) is 11.6 Å². The summed E-state index contributed by atoms with van der Waals surface area (Å²) in [4.78, 5) is 78.0. The van der Waals surface area contributed by atoms with Crippen LogP contribution in [0.2, 0.25) is 30.1 Å². The van der Waals surface area contributed by atoms with Crippen molar-refractivity contribution in [1.82, 2.24) is 0 Å². The van der Waals surface area contributed by atoms with E-state index in [0.29, 0.717) is 32.5 Å². The summed E-state index contributed by atoms with van der Waals surface area (Å²) in [5.74, 6) is -4.12. The number of hydrogen-bond acceptors (Lipinski definition) is 10. The first-order chi connectivity index (χ1) is 29.3. The van der Waals surface area contributed by atoms with E-state index in [2.05, 4.69) is 41.7 Å². The topological polar surface area (TPSA) is 200 Å². The number of benzene rings is 5. The molecule has 4 amide bonds. The molecule has 20 heteroatoms. The summed E-state index contributed by atoms with van der Waals surface area (Å²) in [6, 6.07) is 17.4. The normalized spacial score (nSPS) is 12.2. The van der Waals surface area contributed by atoms with Gasteiger partial charge in [0, 0.05) is 21.4 Å². The fourth-order valence-corrected chi connectivity index (χ4v) is 6.52. The Bertz CT molecular complexity index is 2530. The van der Waals surface area contributed by atoms with Crippen LogP contribution in [-0.4, -0.2) is 47.3 Å². The van der Waals surface area contributed by atoms with Crippen molar-refractivity contribution in [1.29, 1.82) is 0 Å². The molecule has 0 aliphatic carbocycles. The van der Waals surface area contributed by atoms with Crippen LogP contribution in [0.5, 0.6) is 0 Å². The third kappa shape index (κ3) is 12.2. The predicted octanol–water partition coefficient (Wildman–Crippen LogP) is 12.1. The molecule has 0 bridgehead atoms. The van der Waals surface area contributed by atoms with Gasteiger partial charge in [-0.05, 0) is 124 Å². The third-order valence-electron chi connectivity index (χ3n) is 8.67. The quantitative estimate of drug-likeness (QED) is 0.0630. The molecule has 2 atom stereocenters. The fraction of sp³-hybridized carbons (Fsp3) is 0.143. The molecule has 0 aromatic heterocycles. The summed E-state index contributed by atoms with van der Waals surface area (Å²) in [7, 11) is 0. The molecule has 0 fully saturated rings. The Kier molecular flexibility index (Phi) is 15.9. The minimum atomic E-state index is -1.58. The fourth-order valence-electron chi connectivity index (χ4n) is 5.44. The molecule has 2 unspecified atom stereocenters. The van der Waals surface area contributed by atoms with Gasteiger partial charge in [0.05, 0.1) is 54.0 Å².